The minimum atomic E-state index is -3.51. The van der Waals surface area contributed by atoms with Crippen LogP contribution in [0.4, 0.5) is 21.2 Å². The van der Waals surface area contributed by atoms with Gasteiger partial charge in [-0.05, 0) is 74.9 Å². The number of hydrogen-bond acceptors (Lipinski definition) is 7. The number of para-hydroxylation sites is 1. The smallest absolute Gasteiger partial charge is 0.261 e. The van der Waals surface area contributed by atoms with Crippen LogP contribution in [0.15, 0.2) is 78.9 Å². The first-order valence-electron chi connectivity index (χ1n) is 17.6. The number of carbonyl (C=O) groups is 3. The zero-order valence-corrected chi connectivity index (χ0v) is 29.9. The number of rotatable bonds is 9. The summed E-state index contributed by atoms with van der Waals surface area (Å²) in [5.41, 5.74) is 0.744. The van der Waals surface area contributed by atoms with Crippen LogP contribution in [0.3, 0.4) is 0 Å². The number of carbonyl (C=O) groups excluding carboxylic acids is 3. The summed E-state index contributed by atoms with van der Waals surface area (Å²) < 4.78 is 23.1. The number of nitrogens with one attached hydrogen (secondary N) is 2. The third-order valence-corrected chi connectivity index (χ3v) is 13.7. The zero-order valence-electron chi connectivity index (χ0n) is 28.9. The van der Waals surface area contributed by atoms with Gasteiger partial charge < -0.3 is 34.4 Å². The van der Waals surface area contributed by atoms with E-state index in [1.807, 2.05) is 79.7 Å². The highest BCUT2D eigenvalue weighted by molar-refractivity contribution is 6.72. The quantitative estimate of drug-likeness (QED) is 0.218. The molecule has 0 unspecified atom stereocenters. The topological polar surface area (TPSA) is 114 Å². The third-order valence-electron chi connectivity index (χ3n) is 11.3. The molecule has 10 nitrogen and oxygen atoms in total. The number of amides is 3. The highest BCUT2D eigenvalue weighted by Gasteiger charge is 2.65. The number of nitrogens with zero attached hydrogens (tertiary/aromatic N) is 3. The number of piperidine rings is 1. The van der Waals surface area contributed by atoms with E-state index in [1.54, 1.807) is 29.0 Å². The molecule has 4 heterocycles. The highest BCUT2D eigenvalue weighted by Crippen LogP contribution is 2.59. The van der Waals surface area contributed by atoms with Gasteiger partial charge in [0.25, 0.3) is 11.8 Å². The molecule has 0 radical (unpaired) electrons. The van der Waals surface area contributed by atoms with Crippen LogP contribution in [-0.2, 0) is 31.3 Å². The lowest BCUT2D eigenvalue weighted by Gasteiger charge is -2.39. The van der Waals surface area contributed by atoms with E-state index in [-0.39, 0.29) is 37.3 Å². The average molecular weight is 700 g/mol. The maximum atomic E-state index is 16.4. The van der Waals surface area contributed by atoms with Crippen molar-refractivity contribution in [2.75, 3.05) is 48.0 Å². The third kappa shape index (κ3) is 5.71. The molecule has 264 valence electrons. The first kappa shape index (κ1) is 34.4. The van der Waals surface area contributed by atoms with Gasteiger partial charge in [0, 0.05) is 47.2 Å². The fraction of sp³-hybridized carbons (Fsp3) is 0.447. The fourth-order valence-corrected chi connectivity index (χ4v) is 11.4. The minimum Gasteiger partial charge on any atom is -0.395 e. The molecule has 0 saturated carbocycles. The van der Waals surface area contributed by atoms with Crippen molar-refractivity contribution in [3.05, 3.63) is 90.0 Å². The van der Waals surface area contributed by atoms with Crippen LogP contribution in [0.25, 0.3) is 0 Å². The van der Waals surface area contributed by atoms with Crippen LogP contribution in [0.2, 0.25) is 18.6 Å². The summed E-state index contributed by atoms with van der Waals surface area (Å²) in [5, 5.41) is 16.2. The van der Waals surface area contributed by atoms with E-state index in [1.165, 1.54) is 0 Å². The van der Waals surface area contributed by atoms with E-state index >= 15 is 4.11 Å². The van der Waals surface area contributed by atoms with Crippen LogP contribution >= 0.6 is 0 Å². The SMILES string of the molecule is C[C@H]1[C@H]([Si](C)(C)F)[C@@H](CC(=O)N(CCO)Cc2ccccc2)O[C@]12C(=O)Nc1ccc(N3CN(c4ccccc4)C4(CCNCC4)C3=O)cc12. The molecular weight excluding hydrogens is 654 g/mol. The van der Waals surface area contributed by atoms with Gasteiger partial charge in [0.1, 0.15) is 5.54 Å². The minimum absolute atomic E-state index is 0.00978. The molecule has 4 atom stereocenters. The zero-order chi connectivity index (χ0) is 35.3. The van der Waals surface area contributed by atoms with Crippen molar-refractivity contribution in [3.63, 3.8) is 0 Å². The molecule has 2 spiro atoms. The van der Waals surface area contributed by atoms with E-state index in [2.05, 4.69) is 15.5 Å². The second-order valence-corrected chi connectivity index (χ2v) is 18.4. The van der Waals surface area contributed by atoms with Gasteiger partial charge >= 0.3 is 0 Å². The first-order chi connectivity index (χ1) is 24.0. The van der Waals surface area contributed by atoms with Crippen molar-refractivity contribution in [1.82, 2.24) is 10.2 Å². The molecule has 0 aromatic heterocycles. The van der Waals surface area contributed by atoms with E-state index in [4.69, 9.17) is 4.74 Å². The van der Waals surface area contributed by atoms with Gasteiger partial charge in [-0.25, -0.2) is 0 Å². The molecule has 3 amide bonds. The first-order valence-corrected chi connectivity index (χ1v) is 20.6. The number of aliphatic hydroxyl groups is 1. The Balaban J connectivity index is 1.22. The lowest BCUT2D eigenvalue weighted by Crippen LogP contribution is -2.55. The Bertz CT molecular complexity index is 1750. The maximum Gasteiger partial charge on any atom is 0.261 e. The second-order valence-electron chi connectivity index (χ2n) is 14.6. The molecule has 3 aromatic rings. The molecule has 3 saturated heterocycles. The van der Waals surface area contributed by atoms with Gasteiger partial charge in [-0.3, -0.25) is 19.3 Å². The molecule has 3 fully saturated rings. The molecule has 3 aromatic carbocycles. The van der Waals surface area contributed by atoms with Gasteiger partial charge in [-0.1, -0.05) is 55.5 Å². The molecule has 4 aliphatic heterocycles. The van der Waals surface area contributed by atoms with Crippen LogP contribution in [-0.4, -0.2) is 80.7 Å². The Kier molecular flexibility index (Phi) is 9.08. The van der Waals surface area contributed by atoms with Crippen molar-refractivity contribution >= 4 is 43.2 Å². The van der Waals surface area contributed by atoms with Crippen LogP contribution in [0, 0.1) is 5.92 Å². The van der Waals surface area contributed by atoms with Crippen molar-refractivity contribution in [3.8, 4) is 0 Å². The largest absolute Gasteiger partial charge is 0.395 e. The maximum absolute atomic E-state index is 16.4. The van der Waals surface area contributed by atoms with Gasteiger partial charge in [0.15, 0.2) is 5.60 Å². The van der Waals surface area contributed by atoms with Gasteiger partial charge in [0.2, 0.25) is 14.3 Å². The molecule has 50 heavy (non-hydrogen) atoms. The summed E-state index contributed by atoms with van der Waals surface area (Å²) in [5.74, 6) is -1.24. The molecule has 3 N–H and O–H groups in total. The van der Waals surface area contributed by atoms with E-state index in [0.717, 1.165) is 24.3 Å². The lowest BCUT2D eigenvalue weighted by molar-refractivity contribution is -0.148. The summed E-state index contributed by atoms with van der Waals surface area (Å²) in [7, 11) is -3.51. The number of anilines is 3. The Morgan fingerprint density at radius 3 is 2.36 bits per heavy atom. The van der Waals surface area contributed by atoms with Crippen LogP contribution < -0.4 is 20.4 Å². The van der Waals surface area contributed by atoms with Crippen LogP contribution in [0.5, 0.6) is 0 Å². The second kappa shape index (κ2) is 13.2. The molecule has 0 aliphatic carbocycles. The molecule has 0 bridgehead atoms. The lowest BCUT2D eigenvalue weighted by atomic mass is 9.82. The predicted molar refractivity (Wildman–Crippen MR) is 193 cm³/mol. The number of ether oxygens (including phenoxy) is 1. The number of hydrogen-bond donors (Lipinski definition) is 3. The molecule has 7 rings (SSSR count). The average Bonchev–Trinajstić information content (AvgIpc) is 3.67. The molecule has 4 aliphatic rings. The highest BCUT2D eigenvalue weighted by atomic mass is 28.4. The van der Waals surface area contributed by atoms with E-state index < -0.39 is 37.1 Å². The van der Waals surface area contributed by atoms with E-state index in [0.29, 0.717) is 43.0 Å². The van der Waals surface area contributed by atoms with E-state index in [9.17, 15) is 19.5 Å². The summed E-state index contributed by atoms with van der Waals surface area (Å²) in [6.45, 7) is 7.06. The number of fused-ring (bicyclic) bond motifs is 2. The van der Waals surface area contributed by atoms with Gasteiger partial charge in [-0.15, -0.1) is 0 Å². The summed E-state index contributed by atoms with van der Waals surface area (Å²) >= 11 is 0. The summed E-state index contributed by atoms with van der Waals surface area (Å²) in [4.78, 5) is 47.9. The monoisotopic (exact) mass is 699 g/mol. The Labute approximate surface area is 293 Å². The summed E-state index contributed by atoms with van der Waals surface area (Å²) in [6, 6.07) is 25.0. The molecular formula is C38H46FN5O5Si. The normalized spacial score (nSPS) is 25.7. The van der Waals surface area contributed by atoms with Gasteiger partial charge in [0.05, 0.1) is 25.8 Å². The fourth-order valence-electron chi connectivity index (χ4n) is 8.91. The van der Waals surface area contributed by atoms with Crippen molar-refractivity contribution in [1.29, 1.82) is 0 Å². The van der Waals surface area contributed by atoms with Crippen molar-refractivity contribution in [2.24, 2.45) is 5.92 Å². The van der Waals surface area contributed by atoms with Crippen molar-refractivity contribution in [2.45, 2.75) is 68.6 Å². The number of benzene rings is 3. The van der Waals surface area contributed by atoms with Crippen molar-refractivity contribution < 1.29 is 28.3 Å². The van der Waals surface area contributed by atoms with Gasteiger partial charge in [-0.2, -0.15) is 0 Å². The predicted octanol–water partition coefficient (Wildman–Crippen LogP) is 4.76. The Morgan fingerprint density at radius 1 is 1.02 bits per heavy atom. The number of aliphatic hydroxyl groups excluding tert-OH is 1. The Hall–Kier alpha value is -4.10. The number of halogens is 1. The standard InChI is InChI=1S/C38H46FN5O5Si/c1-26-34(50(2,3)39)32(23-33(46)42(20-21-45)24-27-10-6-4-7-11-27)49-38(26)30-22-29(14-15-31(30)41-35(38)47)43-25-44(28-12-8-5-9-13-28)37(36(43)48)16-18-40-19-17-37/h4-15,22,26,32,34,40,45H,16-21,23-25H2,1-3H3,(H,41,47)/t26-,32+,34-,38+/m0/s1. The molecule has 12 heteroatoms. The Morgan fingerprint density at radius 2 is 1.70 bits per heavy atom. The van der Waals surface area contributed by atoms with Crippen LogP contribution in [0.1, 0.15) is 37.3 Å². The summed E-state index contributed by atoms with van der Waals surface area (Å²) in [6.07, 6.45) is 0.343.